The van der Waals surface area contributed by atoms with Crippen molar-refractivity contribution < 1.29 is 0 Å². The van der Waals surface area contributed by atoms with E-state index < -0.39 is 0 Å². The molecular formula is C22H43N. The summed E-state index contributed by atoms with van der Waals surface area (Å²) in [6.45, 7) is 16.2. The normalized spacial score (nSPS) is 47.2. The predicted molar refractivity (Wildman–Crippen MR) is 103 cm³/mol. The summed E-state index contributed by atoms with van der Waals surface area (Å²) in [5.41, 5.74) is 0. The molecule has 0 aromatic carbocycles. The van der Waals surface area contributed by atoms with E-state index >= 15 is 0 Å². The van der Waals surface area contributed by atoms with Crippen LogP contribution < -0.4 is 5.32 Å². The first-order valence-electron chi connectivity index (χ1n) is 10.7. The Morgan fingerprint density at radius 2 is 1.43 bits per heavy atom. The zero-order valence-corrected chi connectivity index (χ0v) is 16.8. The third-order valence-electron chi connectivity index (χ3n) is 7.94. The first-order valence-corrected chi connectivity index (χ1v) is 10.7. The highest BCUT2D eigenvalue weighted by Crippen LogP contribution is 2.46. The monoisotopic (exact) mass is 321 g/mol. The SMILES string of the molecule is CC[C@H]1CCN[C@H](C)CCC2CCC2[C@@H](C)C(C)CC(C)[C@@H]1C. The van der Waals surface area contributed by atoms with Crippen LogP contribution in [0, 0.1) is 41.4 Å². The van der Waals surface area contributed by atoms with Crippen molar-refractivity contribution in [2.45, 2.75) is 92.5 Å². The molecule has 0 spiro atoms. The lowest BCUT2D eigenvalue weighted by Crippen LogP contribution is -2.37. The van der Waals surface area contributed by atoms with Gasteiger partial charge in [-0.05, 0) is 93.4 Å². The molecule has 1 saturated heterocycles. The van der Waals surface area contributed by atoms with Gasteiger partial charge in [-0.15, -0.1) is 0 Å². The minimum Gasteiger partial charge on any atom is -0.314 e. The quantitative estimate of drug-likeness (QED) is 0.612. The van der Waals surface area contributed by atoms with Crippen LogP contribution in [0.5, 0.6) is 0 Å². The fourth-order valence-corrected chi connectivity index (χ4v) is 5.47. The fraction of sp³-hybridized carbons (Fsp3) is 1.00. The van der Waals surface area contributed by atoms with E-state index in [-0.39, 0.29) is 0 Å². The number of fused-ring (bicyclic) bond motifs is 1. The molecule has 1 heteroatoms. The summed E-state index contributed by atoms with van der Waals surface area (Å²) in [4.78, 5) is 0. The molecule has 1 saturated carbocycles. The largest absolute Gasteiger partial charge is 0.314 e. The topological polar surface area (TPSA) is 12.0 Å². The van der Waals surface area contributed by atoms with E-state index in [4.69, 9.17) is 0 Å². The van der Waals surface area contributed by atoms with E-state index in [9.17, 15) is 0 Å². The Kier molecular flexibility index (Phi) is 7.45. The lowest BCUT2D eigenvalue weighted by molar-refractivity contribution is 0.0579. The van der Waals surface area contributed by atoms with Gasteiger partial charge >= 0.3 is 0 Å². The van der Waals surface area contributed by atoms with E-state index in [1.54, 1.807) is 0 Å². The smallest absolute Gasteiger partial charge is 0.00388 e. The van der Waals surface area contributed by atoms with Gasteiger partial charge in [0.15, 0.2) is 0 Å². The number of hydrogen-bond donors (Lipinski definition) is 1. The zero-order chi connectivity index (χ0) is 17.0. The Bertz CT molecular complexity index is 325. The minimum absolute atomic E-state index is 0.706. The fourth-order valence-electron chi connectivity index (χ4n) is 5.47. The second kappa shape index (κ2) is 8.88. The average molecular weight is 322 g/mol. The standard InChI is InChI=1S/C22H43N/c1-7-20-12-13-23-17(4)8-9-21-10-11-22(21)19(6)16(3)14-15(2)18(20)5/h15-23H,7-14H2,1-6H3/t15?,16?,17-,18+,19+,20+,21?,22?/m1/s1. The van der Waals surface area contributed by atoms with Crippen molar-refractivity contribution in [2.24, 2.45) is 41.4 Å². The molecule has 0 aromatic rings. The highest BCUT2D eigenvalue weighted by Gasteiger charge is 2.37. The second-order valence-electron chi connectivity index (χ2n) is 9.30. The Hall–Kier alpha value is -0.0400. The number of rotatable bonds is 1. The van der Waals surface area contributed by atoms with Gasteiger partial charge < -0.3 is 5.32 Å². The molecule has 23 heavy (non-hydrogen) atoms. The summed E-state index contributed by atoms with van der Waals surface area (Å²) in [7, 11) is 0. The van der Waals surface area contributed by atoms with Crippen LogP contribution in [0.4, 0.5) is 0 Å². The highest BCUT2D eigenvalue weighted by molar-refractivity contribution is 4.88. The summed E-state index contributed by atoms with van der Waals surface area (Å²) < 4.78 is 0. The first kappa shape index (κ1) is 19.3. The molecule has 1 aliphatic carbocycles. The van der Waals surface area contributed by atoms with Gasteiger partial charge in [0.2, 0.25) is 0 Å². The summed E-state index contributed by atoms with van der Waals surface area (Å²) in [6, 6.07) is 0.706. The van der Waals surface area contributed by atoms with Crippen LogP contribution in [0.15, 0.2) is 0 Å². The molecular weight excluding hydrogens is 278 g/mol. The maximum Gasteiger partial charge on any atom is 0.00388 e. The van der Waals surface area contributed by atoms with Crippen molar-refractivity contribution in [1.29, 1.82) is 0 Å². The first-order chi connectivity index (χ1) is 10.9. The van der Waals surface area contributed by atoms with Gasteiger partial charge in [0.05, 0.1) is 0 Å². The van der Waals surface area contributed by atoms with E-state index in [1.807, 2.05) is 0 Å². The van der Waals surface area contributed by atoms with E-state index in [0.717, 1.165) is 41.4 Å². The van der Waals surface area contributed by atoms with E-state index in [0.29, 0.717) is 6.04 Å². The van der Waals surface area contributed by atoms with Gasteiger partial charge in [-0.2, -0.15) is 0 Å². The van der Waals surface area contributed by atoms with E-state index in [1.165, 1.54) is 51.5 Å². The Balaban J connectivity index is 2.04. The van der Waals surface area contributed by atoms with Gasteiger partial charge in [0.25, 0.3) is 0 Å². The third-order valence-corrected chi connectivity index (χ3v) is 7.94. The van der Waals surface area contributed by atoms with Crippen molar-refractivity contribution in [2.75, 3.05) is 6.54 Å². The zero-order valence-electron chi connectivity index (χ0n) is 16.8. The lowest BCUT2D eigenvalue weighted by atomic mass is 9.61. The summed E-state index contributed by atoms with van der Waals surface area (Å²) >= 11 is 0. The molecule has 0 bridgehead atoms. The van der Waals surface area contributed by atoms with Gasteiger partial charge in [0.1, 0.15) is 0 Å². The van der Waals surface area contributed by atoms with Crippen molar-refractivity contribution in [1.82, 2.24) is 5.32 Å². The third kappa shape index (κ3) is 4.97. The summed E-state index contributed by atoms with van der Waals surface area (Å²) in [5, 5.41) is 3.82. The predicted octanol–water partition coefficient (Wildman–Crippen LogP) is 6.14. The van der Waals surface area contributed by atoms with Crippen LogP contribution in [0.25, 0.3) is 0 Å². The van der Waals surface area contributed by atoms with Crippen molar-refractivity contribution in [3.63, 3.8) is 0 Å². The highest BCUT2D eigenvalue weighted by atomic mass is 14.9. The van der Waals surface area contributed by atoms with Crippen LogP contribution in [0.1, 0.15) is 86.5 Å². The maximum atomic E-state index is 3.82. The summed E-state index contributed by atoms with van der Waals surface area (Å²) in [6.07, 6.45) is 9.98. The van der Waals surface area contributed by atoms with Gasteiger partial charge in [-0.3, -0.25) is 0 Å². The molecule has 4 unspecified atom stereocenters. The van der Waals surface area contributed by atoms with E-state index in [2.05, 4.69) is 46.9 Å². The Morgan fingerprint density at radius 3 is 2.04 bits per heavy atom. The van der Waals surface area contributed by atoms with Crippen LogP contribution in [-0.2, 0) is 0 Å². The molecule has 136 valence electrons. The van der Waals surface area contributed by atoms with Gasteiger partial charge in [0, 0.05) is 6.04 Å². The molecule has 0 aromatic heterocycles. The number of hydrogen-bond acceptors (Lipinski definition) is 1. The van der Waals surface area contributed by atoms with Crippen molar-refractivity contribution in [3.05, 3.63) is 0 Å². The lowest BCUT2D eigenvalue weighted by Gasteiger charge is -2.44. The molecule has 0 radical (unpaired) electrons. The minimum atomic E-state index is 0.706. The maximum absolute atomic E-state index is 3.82. The van der Waals surface area contributed by atoms with Crippen LogP contribution >= 0.6 is 0 Å². The molecule has 1 N–H and O–H groups in total. The molecule has 2 fully saturated rings. The molecule has 1 heterocycles. The van der Waals surface area contributed by atoms with Gasteiger partial charge in [-0.25, -0.2) is 0 Å². The van der Waals surface area contributed by atoms with Gasteiger partial charge in [-0.1, -0.05) is 41.0 Å². The Morgan fingerprint density at radius 1 is 0.783 bits per heavy atom. The van der Waals surface area contributed by atoms with Crippen molar-refractivity contribution in [3.8, 4) is 0 Å². The molecule has 1 aliphatic heterocycles. The van der Waals surface area contributed by atoms with Crippen LogP contribution in [0.2, 0.25) is 0 Å². The molecule has 2 rings (SSSR count). The number of nitrogens with one attached hydrogen (secondary N) is 1. The molecule has 2 aliphatic rings. The second-order valence-corrected chi connectivity index (χ2v) is 9.30. The van der Waals surface area contributed by atoms with Crippen LogP contribution in [-0.4, -0.2) is 12.6 Å². The molecule has 1 nitrogen and oxygen atoms in total. The summed E-state index contributed by atoms with van der Waals surface area (Å²) in [5.74, 6) is 6.50. The molecule has 8 atom stereocenters. The Labute approximate surface area is 146 Å². The van der Waals surface area contributed by atoms with Crippen molar-refractivity contribution >= 4 is 0 Å². The average Bonchev–Trinajstić information content (AvgIpc) is 2.49. The molecule has 0 amide bonds. The van der Waals surface area contributed by atoms with Crippen LogP contribution in [0.3, 0.4) is 0 Å².